The van der Waals surface area contributed by atoms with E-state index in [9.17, 15) is 9.90 Å². The summed E-state index contributed by atoms with van der Waals surface area (Å²) in [4.78, 5) is 22.6. The van der Waals surface area contributed by atoms with Gasteiger partial charge in [-0.05, 0) is 24.6 Å². The molecule has 6 heteroatoms. The Labute approximate surface area is 125 Å². The van der Waals surface area contributed by atoms with Crippen LogP contribution in [0.2, 0.25) is 0 Å². The maximum atomic E-state index is 11.4. The molecule has 0 saturated heterocycles. The number of phenolic OH excluding ortho intramolecular Hbond substituents is 1. The first-order valence-electron chi connectivity index (χ1n) is 6.40. The molecule has 5 nitrogen and oxygen atoms in total. The number of rotatable bonds is 3. The zero-order chi connectivity index (χ0) is 14.8. The molecule has 3 aromatic rings. The third kappa shape index (κ3) is 2.90. The predicted molar refractivity (Wildman–Crippen MR) is 82.6 cm³/mol. The number of aromatic nitrogens is 3. The molecule has 3 rings (SSSR count). The van der Waals surface area contributed by atoms with Gasteiger partial charge in [-0.2, -0.15) is 0 Å². The SMILES string of the molecule is Cc1cc(=O)[nH]c(SCc2ccc(O)c3ncccc23)n1. The minimum absolute atomic E-state index is 0.151. The van der Waals surface area contributed by atoms with Gasteiger partial charge in [-0.15, -0.1) is 0 Å². The van der Waals surface area contributed by atoms with Gasteiger partial charge in [0.05, 0.1) is 0 Å². The van der Waals surface area contributed by atoms with Gasteiger partial charge in [0.2, 0.25) is 0 Å². The second kappa shape index (κ2) is 5.57. The van der Waals surface area contributed by atoms with Gasteiger partial charge in [-0.1, -0.05) is 23.9 Å². The van der Waals surface area contributed by atoms with Crippen molar-refractivity contribution in [2.24, 2.45) is 0 Å². The molecule has 0 saturated carbocycles. The van der Waals surface area contributed by atoms with Crippen LogP contribution < -0.4 is 5.56 Å². The number of fused-ring (bicyclic) bond motifs is 1. The van der Waals surface area contributed by atoms with E-state index in [2.05, 4.69) is 15.0 Å². The molecule has 0 aliphatic carbocycles. The molecule has 2 N–H and O–H groups in total. The van der Waals surface area contributed by atoms with E-state index in [4.69, 9.17) is 0 Å². The van der Waals surface area contributed by atoms with E-state index >= 15 is 0 Å². The van der Waals surface area contributed by atoms with E-state index in [-0.39, 0.29) is 11.3 Å². The van der Waals surface area contributed by atoms with Crippen molar-refractivity contribution in [2.45, 2.75) is 17.8 Å². The van der Waals surface area contributed by atoms with Gasteiger partial charge in [0, 0.05) is 29.1 Å². The van der Waals surface area contributed by atoms with Crippen molar-refractivity contribution in [3.8, 4) is 5.75 Å². The minimum Gasteiger partial charge on any atom is -0.506 e. The molecule has 0 spiro atoms. The van der Waals surface area contributed by atoms with Crippen LogP contribution >= 0.6 is 11.8 Å². The number of nitrogens with one attached hydrogen (secondary N) is 1. The van der Waals surface area contributed by atoms with E-state index in [1.54, 1.807) is 19.2 Å². The summed E-state index contributed by atoms with van der Waals surface area (Å²) >= 11 is 1.45. The van der Waals surface area contributed by atoms with Crippen LogP contribution in [0.15, 0.2) is 46.5 Å². The second-order valence-corrected chi connectivity index (χ2v) is 5.59. The molecule has 1 aromatic carbocycles. The van der Waals surface area contributed by atoms with Crippen LogP contribution in [0.4, 0.5) is 0 Å². The van der Waals surface area contributed by atoms with Crippen LogP contribution in [0.5, 0.6) is 5.75 Å². The highest BCUT2D eigenvalue weighted by Crippen LogP contribution is 2.29. The Morgan fingerprint density at radius 2 is 2.19 bits per heavy atom. The molecule has 2 heterocycles. The lowest BCUT2D eigenvalue weighted by Crippen LogP contribution is -2.08. The minimum atomic E-state index is -0.151. The van der Waals surface area contributed by atoms with Gasteiger partial charge in [-0.25, -0.2) is 4.98 Å². The first-order valence-corrected chi connectivity index (χ1v) is 7.38. The molecule has 0 fully saturated rings. The first-order chi connectivity index (χ1) is 10.1. The molecule has 0 radical (unpaired) electrons. The Balaban J connectivity index is 1.92. The van der Waals surface area contributed by atoms with Gasteiger partial charge in [0.1, 0.15) is 11.3 Å². The summed E-state index contributed by atoms with van der Waals surface area (Å²) in [5.41, 5.74) is 2.16. The summed E-state index contributed by atoms with van der Waals surface area (Å²) in [6.07, 6.45) is 1.65. The number of nitrogens with zero attached hydrogens (tertiary/aromatic N) is 2. The van der Waals surface area contributed by atoms with Gasteiger partial charge < -0.3 is 10.1 Å². The quantitative estimate of drug-likeness (QED) is 0.574. The van der Waals surface area contributed by atoms with E-state index in [1.165, 1.54) is 17.8 Å². The molecule has 2 aromatic heterocycles. The number of thioether (sulfide) groups is 1. The highest BCUT2D eigenvalue weighted by atomic mass is 32.2. The normalized spacial score (nSPS) is 10.9. The predicted octanol–water partition coefficient (Wildman–Crippen LogP) is 2.62. The van der Waals surface area contributed by atoms with Crippen molar-refractivity contribution >= 4 is 22.7 Å². The monoisotopic (exact) mass is 299 g/mol. The fraction of sp³-hybridized carbons (Fsp3) is 0.133. The number of hydrogen-bond donors (Lipinski definition) is 2. The van der Waals surface area contributed by atoms with Crippen LogP contribution in [0.25, 0.3) is 10.9 Å². The summed E-state index contributed by atoms with van der Waals surface area (Å²) in [5, 5.41) is 11.3. The van der Waals surface area contributed by atoms with Crippen molar-refractivity contribution in [3.05, 3.63) is 58.1 Å². The van der Waals surface area contributed by atoms with E-state index in [0.29, 0.717) is 22.1 Å². The van der Waals surface area contributed by atoms with Crippen LogP contribution in [-0.4, -0.2) is 20.1 Å². The summed E-state index contributed by atoms with van der Waals surface area (Å²) in [7, 11) is 0. The number of hydrogen-bond acceptors (Lipinski definition) is 5. The first kappa shape index (κ1) is 13.6. The maximum absolute atomic E-state index is 11.4. The number of phenols is 1. The summed E-state index contributed by atoms with van der Waals surface area (Å²) in [6.45, 7) is 1.79. The van der Waals surface area contributed by atoms with Crippen LogP contribution in [-0.2, 0) is 5.75 Å². The molecule has 0 bridgehead atoms. The van der Waals surface area contributed by atoms with Gasteiger partial charge in [-0.3, -0.25) is 9.78 Å². The van der Waals surface area contributed by atoms with Crippen molar-refractivity contribution in [1.82, 2.24) is 15.0 Å². The number of pyridine rings is 1. The zero-order valence-corrected chi connectivity index (χ0v) is 12.1. The molecule has 106 valence electrons. The summed E-state index contributed by atoms with van der Waals surface area (Å²) in [6, 6.07) is 8.72. The highest BCUT2D eigenvalue weighted by Gasteiger charge is 2.07. The Kier molecular flexibility index (Phi) is 3.62. The number of aromatic amines is 1. The molecular weight excluding hydrogens is 286 g/mol. The lowest BCUT2D eigenvalue weighted by atomic mass is 10.1. The molecule has 0 unspecified atom stereocenters. The lowest BCUT2D eigenvalue weighted by Gasteiger charge is -2.07. The summed E-state index contributed by atoms with van der Waals surface area (Å²) in [5.74, 6) is 0.802. The molecule has 0 aliphatic rings. The van der Waals surface area contributed by atoms with Gasteiger partial charge >= 0.3 is 0 Å². The fourth-order valence-corrected chi connectivity index (χ4v) is 3.03. The Morgan fingerprint density at radius 1 is 1.33 bits per heavy atom. The smallest absolute Gasteiger partial charge is 0.251 e. The number of H-pyrrole nitrogens is 1. The van der Waals surface area contributed by atoms with E-state index in [0.717, 1.165) is 10.9 Å². The molecule has 0 amide bonds. The molecule has 0 aliphatic heterocycles. The number of aryl methyl sites for hydroxylation is 1. The fourth-order valence-electron chi connectivity index (χ4n) is 2.11. The largest absolute Gasteiger partial charge is 0.506 e. The van der Waals surface area contributed by atoms with Crippen LogP contribution in [0.1, 0.15) is 11.3 Å². The lowest BCUT2D eigenvalue weighted by molar-refractivity contribution is 0.480. The Hall–Kier alpha value is -2.34. The third-order valence-electron chi connectivity index (χ3n) is 3.05. The van der Waals surface area contributed by atoms with Gasteiger partial charge in [0.25, 0.3) is 5.56 Å². The molecule has 0 atom stereocenters. The van der Waals surface area contributed by atoms with E-state index in [1.807, 2.05) is 18.2 Å². The van der Waals surface area contributed by atoms with Crippen molar-refractivity contribution in [3.63, 3.8) is 0 Å². The number of aromatic hydroxyl groups is 1. The van der Waals surface area contributed by atoms with E-state index < -0.39 is 0 Å². The second-order valence-electron chi connectivity index (χ2n) is 4.62. The summed E-state index contributed by atoms with van der Waals surface area (Å²) < 4.78 is 0. The third-order valence-corrected chi connectivity index (χ3v) is 3.97. The standard InChI is InChI=1S/C15H13N3O2S/c1-9-7-13(20)18-15(17-9)21-8-10-4-5-12(19)14-11(10)3-2-6-16-14/h2-7,19H,8H2,1H3,(H,17,18,20). The van der Waals surface area contributed by atoms with Crippen molar-refractivity contribution < 1.29 is 5.11 Å². The van der Waals surface area contributed by atoms with Crippen LogP contribution in [0, 0.1) is 6.92 Å². The van der Waals surface area contributed by atoms with Crippen LogP contribution in [0.3, 0.4) is 0 Å². The maximum Gasteiger partial charge on any atom is 0.251 e. The Morgan fingerprint density at radius 3 is 3.00 bits per heavy atom. The zero-order valence-electron chi connectivity index (χ0n) is 11.3. The van der Waals surface area contributed by atoms with Gasteiger partial charge in [0.15, 0.2) is 5.16 Å². The van der Waals surface area contributed by atoms with Crippen molar-refractivity contribution in [1.29, 1.82) is 0 Å². The average molecular weight is 299 g/mol. The molecular formula is C15H13N3O2S. The number of benzene rings is 1. The Bertz CT molecular complexity index is 861. The highest BCUT2D eigenvalue weighted by molar-refractivity contribution is 7.98. The van der Waals surface area contributed by atoms with Crippen molar-refractivity contribution in [2.75, 3.05) is 0 Å². The molecule has 21 heavy (non-hydrogen) atoms. The average Bonchev–Trinajstić information content (AvgIpc) is 2.46. The topological polar surface area (TPSA) is 78.9 Å².